The summed E-state index contributed by atoms with van der Waals surface area (Å²) in [4.78, 5) is 12.1. The number of carbonyl (C=O) groups is 1. The number of nitrogens with zero attached hydrogens (tertiary/aromatic N) is 2. The molecular formula is C13H14BrFN2O2. The molecule has 0 aliphatic carbocycles. The van der Waals surface area contributed by atoms with Crippen LogP contribution in [-0.4, -0.2) is 21.5 Å². The molecule has 102 valence electrons. The largest absolute Gasteiger partial charge is 0.442 e. The van der Waals surface area contributed by atoms with E-state index in [2.05, 4.69) is 21.0 Å². The Bertz CT molecular complexity index is 631. The predicted octanol–water partition coefficient (Wildman–Crippen LogP) is 3.85. The van der Waals surface area contributed by atoms with Gasteiger partial charge in [-0.2, -0.15) is 9.78 Å². The Kier molecular flexibility index (Phi) is 3.62. The van der Waals surface area contributed by atoms with Crippen molar-refractivity contribution < 1.29 is 13.9 Å². The summed E-state index contributed by atoms with van der Waals surface area (Å²) in [6.45, 7) is 5.25. The van der Waals surface area contributed by atoms with Crippen LogP contribution in [0.25, 0.3) is 10.9 Å². The minimum Gasteiger partial charge on any atom is -0.442 e. The molecule has 0 aliphatic heterocycles. The van der Waals surface area contributed by atoms with E-state index in [9.17, 15) is 9.18 Å². The molecule has 1 heterocycles. The van der Waals surface area contributed by atoms with Crippen molar-refractivity contribution in [2.24, 2.45) is 0 Å². The first kappa shape index (κ1) is 14.0. The Hall–Kier alpha value is -1.43. The van der Waals surface area contributed by atoms with Crippen molar-refractivity contribution in [1.82, 2.24) is 9.78 Å². The Labute approximate surface area is 118 Å². The molecule has 0 fully saturated rings. The maximum atomic E-state index is 13.9. The highest BCUT2D eigenvalue weighted by molar-refractivity contribution is 9.08. The SMILES string of the molecule is CC(C)(C)OC(=O)n1nc(CBr)c2cccc(F)c21. The third-order valence-corrected chi connectivity index (χ3v) is 2.95. The van der Waals surface area contributed by atoms with E-state index >= 15 is 0 Å². The first-order valence-corrected chi connectivity index (χ1v) is 6.91. The van der Waals surface area contributed by atoms with Crippen LogP contribution in [0.15, 0.2) is 18.2 Å². The van der Waals surface area contributed by atoms with Gasteiger partial charge in [0.1, 0.15) is 16.9 Å². The van der Waals surface area contributed by atoms with Crippen LogP contribution in [0.1, 0.15) is 26.5 Å². The van der Waals surface area contributed by atoms with E-state index < -0.39 is 17.5 Å². The fraction of sp³-hybridized carbons (Fsp3) is 0.385. The van der Waals surface area contributed by atoms with E-state index in [4.69, 9.17) is 4.74 Å². The van der Waals surface area contributed by atoms with Gasteiger partial charge in [-0.1, -0.05) is 28.1 Å². The van der Waals surface area contributed by atoms with Gasteiger partial charge in [0.25, 0.3) is 0 Å². The van der Waals surface area contributed by atoms with Crippen LogP contribution in [0.2, 0.25) is 0 Å². The van der Waals surface area contributed by atoms with Gasteiger partial charge < -0.3 is 4.74 Å². The van der Waals surface area contributed by atoms with Crippen LogP contribution in [0.4, 0.5) is 9.18 Å². The van der Waals surface area contributed by atoms with Crippen molar-refractivity contribution >= 4 is 32.9 Å². The lowest BCUT2D eigenvalue weighted by Crippen LogP contribution is -2.28. The fourth-order valence-corrected chi connectivity index (χ4v) is 2.14. The van der Waals surface area contributed by atoms with Gasteiger partial charge in [-0.25, -0.2) is 9.18 Å². The molecule has 0 N–H and O–H groups in total. The van der Waals surface area contributed by atoms with Crippen molar-refractivity contribution in [3.05, 3.63) is 29.7 Å². The molecule has 0 unspecified atom stereocenters. The predicted molar refractivity (Wildman–Crippen MR) is 74.0 cm³/mol. The lowest BCUT2D eigenvalue weighted by molar-refractivity contribution is 0.0521. The molecular weight excluding hydrogens is 315 g/mol. The molecule has 6 heteroatoms. The smallest absolute Gasteiger partial charge is 0.435 e. The van der Waals surface area contributed by atoms with Gasteiger partial charge in [0.15, 0.2) is 0 Å². The molecule has 1 aromatic carbocycles. The molecule has 0 atom stereocenters. The van der Waals surface area contributed by atoms with Crippen LogP contribution < -0.4 is 0 Å². The van der Waals surface area contributed by atoms with Gasteiger partial charge in [-0.05, 0) is 26.8 Å². The van der Waals surface area contributed by atoms with Gasteiger partial charge in [0.05, 0.1) is 5.69 Å². The van der Waals surface area contributed by atoms with Gasteiger partial charge in [-0.3, -0.25) is 0 Å². The molecule has 0 saturated carbocycles. The average molecular weight is 329 g/mol. The molecule has 2 rings (SSSR count). The van der Waals surface area contributed by atoms with Crippen LogP contribution >= 0.6 is 15.9 Å². The highest BCUT2D eigenvalue weighted by atomic mass is 79.9. The number of para-hydroxylation sites is 1. The number of rotatable bonds is 1. The fourth-order valence-electron chi connectivity index (χ4n) is 1.72. The standard InChI is InChI=1S/C13H14BrFN2O2/c1-13(2,3)19-12(18)17-11-8(10(7-14)16-17)5-4-6-9(11)15/h4-6H,7H2,1-3H3. The molecule has 0 spiro atoms. The zero-order chi connectivity index (χ0) is 14.2. The van der Waals surface area contributed by atoms with Crippen molar-refractivity contribution in [2.45, 2.75) is 31.7 Å². The average Bonchev–Trinajstić information content (AvgIpc) is 2.67. The van der Waals surface area contributed by atoms with Crippen LogP contribution in [0.3, 0.4) is 0 Å². The summed E-state index contributed by atoms with van der Waals surface area (Å²) in [5.74, 6) is -0.497. The highest BCUT2D eigenvalue weighted by Gasteiger charge is 2.23. The third kappa shape index (κ3) is 2.78. The number of alkyl halides is 1. The molecule has 0 aliphatic rings. The van der Waals surface area contributed by atoms with E-state index in [-0.39, 0.29) is 5.52 Å². The summed E-state index contributed by atoms with van der Waals surface area (Å²) in [5, 5.41) is 5.14. The number of carbonyl (C=O) groups excluding carboxylic acids is 1. The van der Waals surface area contributed by atoms with Gasteiger partial charge in [-0.15, -0.1) is 0 Å². The molecule has 1 aromatic heterocycles. The number of aromatic nitrogens is 2. The Morgan fingerprint density at radius 1 is 1.47 bits per heavy atom. The molecule has 0 bridgehead atoms. The zero-order valence-corrected chi connectivity index (χ0v) is 12.5. The maximum absolute atomic E-state index is 13.9. The minimum atomic E-state index is -0.685. The maximum Gasteiger partial charge on any atom is 0.435 e. The Balaban J connectivity index is 2.58. The van der Waals surface area contributed by atoms with E-state index in [0.717, 1.165) is 4.68 Å². The molecule has 19 heavy (non-hydrogen) atoms. The summed E-state index contributed by atoms with van der Waals surface area (Å²) in [7, 11) is 0. The van der Waals surface area contributed by atoms with E-state index in [0.29, 0.717) is 16.4 Å². The van der Waals surface area contributed by atoms with E-state index in [1.807, 2.05) is 0 Å². The molecule has 4 nitrogen and oxygen atoms in total. The Morgan fingerprint density at radius 3 is 2.74 bits per heavy atom. The van der Waals surface area contributed by atoms with Gasteiger partial charge >= 0.3 is 6.09 Å². The second-order valence-electron chi connectivity index (χ2n) is 5.11. The van der Waals surface area contributed by atoms with Gasteiger partial charge in [0, 0.05) is 10.7 Å². The summed E-state index contributed by atoms with van der Waals surface area (Å²) in [6.07, 6.45) is -0.685. The summed E-state index contributed by atoms with van der Waals surface area (Å²) in [5.41, 5.74) is 0.0846. The quantitative estimate of drug-likeness (QED) is 0.747. The topological polar surface area (TPSA) is 44.1 Å². The number of fused-ring (bicyclic) bond motifs is 1. The third-order valence-electron chi connectivity index (χ3n) is 2.42. The Morgan fingerprint density at radius 2 is 2.16 bits per heavy atom. The van der Waals surface area contributed by atoms with E-state index in [1.165, 1.54) is 6.07 Å². The van der Waals surface area contributed by atoms with Crippen LogP contribution in [0.5, 0.6) is 0 Å². The molecule has 0 amide bonds. The summed E-state index contributed by atoms with van der Waals surface area (Å²) >= 11 is 3.28. The second-order valence-corrected chi connectivity index (χ2v) is 5.67. The number of hydrogen-bond acceptors (Lipinski definition) is 3. The molecule has 0 saturated heterocycles. The van der Waals surface area contributed by atoms with Crippen molar-refractivity contribution in [1.29, 1.82) is 0 Å². The van der Waals surface area contributed by atoms with Crippen molar-refractivity contribution in [2.75, 3.05) is 0 Å². The number of halogens is 2. The lowest BCUT2D eigenvalue weighted by atomic mass is 10.2. The van der Waals surface area contributed by atoms with E-state index in [1.54, 1.807) is 32.9 Å². The number of benzene rings is 1. The van der Waals surface area contributed by atoms with Crippen LogP contribution in [-0.2, 0) is 10.1 Å². The molecule has 2 aromatic rings. The second kappa shape index (κ2) is 4.92. The first-order valence-electron chi connectivity index (χ1n) is 5.79. The monoisotopic (exact) mass is 328 g/mol. The summed E-state index contributed by atoms with van der Waals surface area (Å²) in [6, 6.07) is 4.61. The van der Waals surface area contributed by atoms with Crippen molar-refractivity contribution in [3.63, 3.8) is 0 Å². The number of hydrogen-bond donors (Lipinski definition) is 0. The zero-order valence-electron chi connectivity index (χ0n) is 10.9. The number of ether oxygens (including phenoxy) is 1. The first-order chi connectivity index (χ1) is 8.83. The van der Waals surface area contributed by atoms with Gasteiger partial charge in [0.2, 0.25) is 0 Å². The highest BCUT2D eigenvalue weighted by Crippen LogP contribution is 2.24. The minimum absolute atomic E-state index is 0.145. The van der Waals surface area contributed by atoms with Crippen molar-refractivity contribution in [3.8, 4) is 0 Å². The normalized spacial score (nSPS) is 11.8. The van der Waals surface area contributed by atoms with Crippen LogP contribution in [0, 0.1) is 5.82 Å². The summed E-state index contributed by atoms with van der Waals surface area (Å²) < 4.78 is 20.1. The molecule has 0 radical (unpaired) electrons. The lowest BCUT2D eigenvalue weighted by Gasteiger charge is -2.19.